The number of hydrogen-bond donors (Lipinski definition) is 1. The van der Waals surface area contributed by atoms with Gasteiger partial charge in [-0.2, -0.15) is 0 Å². The number of benzene rings is 1. The molecule has 1 aromatic rings. The first kappa shape index (κ1) is 16.5. The van der Waals surface area contributed by atoms with Gasteiger partial charge in [0.1, 0.15) is 12.4 Å². The molecule has 0 unspecified atom stereocenters. The van der Waals surface area contributed by atoms with E-state index in [0.29, 0.717) is 11.3 Å². The summed E-state index contributed by atoms with van der Waals surface area (Å²) in [5.41, 5.74) is 0.535. The second-order valence-corrected chi connectivity index (χ2v) is 8.32. The highest BCUT2D eigenvalue weighted by Gasteiger charge is 2.28. The molecule has 0 spiro atoms. The molecule has 1 aromatic carbocycles. The topological polar surface area (TPSA) is 80.7 Å². The van der Waals surface area contributed by atoms with Crippen LogP contribution >= 0.6 is 0 Å². The molecule has 0 amide bonds. The predicted octanol–water partition coefficient (Wildman–Crippen LogP) is 1.91. The molecular formula is C14H20O5S. The average molecular weight is 300 g/mol. The number of carboxylic acids is 1. The average Bonchev–Trinajstić information content (AvgIpc) is 2.29. The summed E-state index contributed by atoms with van der Waals surface area (Å²) in [4.78, 5) is 10.7. The molecule has 0 aliphatic carbocycles. The van der Waals surface area contributed by atoms with Crippen molar-refractivity contribution in [1.82, 2.24) is 0 Å². The summed E-state index contributed by atoms with van der Waals surface area (Å²) < 4.78 is 28.5. The Morgan fingerprint density at radius 3 is 2.40 bits per heavy atom. The van der Waals surface area contributed by atoms with Gasteiger partial charge in [-0.15, -0.1) is 0 Å². The molecule has 20 heavy (non-hydrogen) atoms. The lowest BCUT2D eigenvalue weighted by atomic mass is 10.1. The first-order chi connectivity index (χ1) is 9.13. The van der Waals surface area contributed by atoms with Crippen LogP contribution in [0.1, 0.15) is 26.3 Å². The quantitative estimate of drug-likeness (QED) is 0.868. The minimum Gasteiger partial charge on any atom is -0.492 e. The van der Waals surface area contributed by atoms with Crippen LogP contribution in [0.15, 0.2) is 24.3 Å². The van der Waals surface area contributed by atoms with Crippen LogP contribution < -0.4 is 4.74 Å². The summed E-state index contributed by atoms with van der Waals surface area (Å²) in [6.45, 7) is 4.93. The fourth-order valence-electron chi connectivity index (χ4n) is 1.52. The van der Waals surface area contributed by atoms with Crippen molar-refractivity contribution >= 4 is 15.8 Å². The van der Waals surface area contributed by atoms with E-state index in [1.54, 1.807) is 45.0 Å². The van der Waals surface area contributed by atoms with Gasteiger partial charge in [0, 0.05) is 5.56 Å². The smallest absolute Gasteiger partial charge is 0.307 e. The number of para-hydroxylation sites is 1. The molecule has 0 radical (unpaired) electrons. The molecule has 5 nitrogen and oxygen atoms in total. The molecule has 0 aliphatic heterocycles. The van der Waals surface area contributed by atoms with Gasteiger partial charge in [-0.3, -0.25) is 4.79 Å². The van der Waals surface area contributed by atoms with Crippen molar-refractivity contribution in [1.29, 1.82) is 0 Å². The predicted molar refractivity (Wildman–Crippen MR) is 76.8 cm³/mol. The van der Waals surface area contributed by atoms with Crippen LogP contribution in [0.4, 0.5) is 0 Å². The lowest BCUT2D eigenvalue weighted by molar-refractivity contribution is -0.136. The third kappa shape index (κ3) is 4.52. The molecule has 1 N–H and O–H groups in total. The Balaban J connectivity index is 2.70. The van der Waals surface area contributed by atoms with Crippen LogP contribution in [0.5, 0.6) is 5.75 Å². The van der Waals surface area contributed by atoms with E-state index in [1.807, 2.05) is 0 Å². The maximum atomic E-state index is 11.9. The van der Waals surface area contributed by atoms with Crippen LogP contribution in [-0.4, -0.2) is 36.6 Å². The normalized spacial score (nSPS) is 12.2. The molecule has 1 rings (SSSR count). The van der Waals surface area contributed by atoms with Gasteiger partial charge in [-0.1, -0.05) is 18.2 Å². The van der Waals surface area contributed by atoms with E-state index < -0.39 is 20.6 Å². The number of carbonyl (C=O) groups is 1. The Kier molecular flexibility index (Phi) is 5.16. The lowest BCUT2D eigenvalue weighted by Gasteiger charge is -2.19. The van der Waals surface area contributed by atoms with Crippen LogP contribution in [-0.2, 0) is 21.1 Å². The molecule has 0 aromatic heterocycles. The highest BCUT2D eigenvalue weighted by atomic mass is 32.2. The zero-order chi connectivity index (χ0) is 15.4. The number of carboxylic acid groups (broad SMARTS) is 1. The van der Waals surface area contributed by atoms with E-state index in [1.165, 1.54) is 0 Å². The molecule has 0 fully saturated rings. The zero-order valence-corrected chi connectivity index (χ0v) is 12.7. The third-order valence-corrected chi connectivity index (χ3v) is 5.43. The van der Waals surface area contributed by atoms with Crippen molar-refractivity contribution in [2.75, 3.05) is 12.4 Å². The molecule has 0 atom stereocenters. The molecule has 0 aliphatic rings. The van der Waals surface area contributed by atoms with Crippen LogP contribution in [0.25, 0.3) is 0 Å². The molecule has 0 saturated carbocycles. The maximum absolute atomic E-state index is 11.9. The summed E-state index contributed by atoms with van der Waals surface area (Å²) in [6.07, 6.45) is -0.151. The van der Waals surface area contributed by atoms with Crippen LogP contribution in [0.2, 0.25) is 0 Å². The largest absolute Gasteiger partial charge is 0.492 e. The Morgan fingerprint density at radius 2 is 1.85 bits per heavy atom. The number of rotatable bonds is 6. The Labute approximate surface area is 119 Å². The van der Waals surface area contributed by atoms with Gasteiger partial charge in [0.05, 0.1) is 16.9 Å². The lowest BCUT2D eigenvalue weighted by Crippen LogP contribution is -2.32. The van der Waals surface area contributed by atoms with Crippen molar-refractivity contribution in [3.05, 3.63) is 29.8 Å². The van der Waals surface area contributed by atoms with Crippen molar-refractivity contribution in [2.45, 2.75) is 31.9 Å². The first-order valence-electron chi connectivity index (χ1n) is 6.28. The fraction of sp³-hybridized carbons (Fsp3) is 0.500. The SMILES string of the molecule is CC(C)(C)S(=O)(=O)CCOc1ccccc1CC(=O)O. The van der Waals surface area contributed by atoms with E-state index in [-0.39, 0.29) is 18.8 Å². The van der Waals surface area contributed by atoms with Gasteiger partial charge in [-0.05, 0) is 26.8 Å². The molecule has 0 saturated heterocycles. The summed E-state index contributed by atoms with van der Waals surface area (Å²) in [7, 11) is -3.25. The maximum Gasteiger partial charge on any atom is 0.307 e. The summed E-state index contributed by atoms with van der Waals surface area (Å²) in [5, 5.41) is 8.80. The van der Waals surface area contributed by atoms with Crippen LogP contribution in [0, 0.1) is 0 Å². The standard InChI is InChI=1S/C14H20O5S/c1-14(2,3)20(17,18)9-8-19-12-7-5-4-6-11(12)10-13(15)16/h4-7H,8-10H2,1-3H3,(H,15,16). The van der Waals surface area contributed by atoms with E-state index in [0.717, 1.165) is 0 Å². The van der Waals surface area contributed by atoms with Crippen molar-refractivity contribution < 1.29 is 23.1 Å². The summed E-state index contributed by atoms with van der Waals surface area (Å²) in [5.74, 6) is -0.639. The van der Waals surface area contributed by atoms with Crippen molar-refractivity contribution in [3.63, 3.8) is 0 Å². The second-order valence-electron chi connectivity index (χ2n) is 5.46. The summed E-state index contributed by atoms with van der Waals surface area (Å²) >= 11 is 0. The van der Waals surface area contributed by atoms with E-state index in [2.05, 4.69) is 0 Å². The number of aliphatic carboxylic acids is 1. The van der Waals surface area contributed by atoms with Gasteiger partial charge in [0.15, 0.2) is 9.84 Å². The van der Waals surface area contributed by atoms with Gasteiger partial charge in [0.25, 0.3) is 0 Å². The molecule has 112 valence electrons. The molecule has 6 heteroatoms. The number of hydrogen-bond acceptors (Lipinski definition) is 4. The van der Waals surface area contributed by atoms with Crippen LogP contribution in [0.3, 0.4) is 0 Å². The minimum absolute atomic E-state index is 0.0102. The van der Waals surface area contributed by atoms with Crippen molar-refractivity contribution in [3.8, 4) is 5.75 Å². The Morgan fingerprint density at radius 1 is 1.25 bits per heavy atom. The Bertz CT molecular complexity index is 569. The monoisotopic (exact) mass is 300 g/mol. The van der Waals surface area contributed by atoms with E-state index in [4.69, 9.17) is 9.84 Å². The summed E-state index contributed by atoms with van der Waals surface area (Å²) in [6, 6.07) is 6.74. The minimum atomic E-state index is -3.25. The number of ether oxygens (including phenoxy) is 1. The number of sulfone groups is 1. The van der Waals surface area contributed by atoms with Crippen molar-refractivity contribution in [2.24, 2.45) is 0 Å². The zero-order valence-electron chi connectivity index (χ0n) is 11.9. The van der Waals surface area contributed by atoms with E-state index >= 15 is 0 Å². The molecule has 0 heterocycles. The fourth-order valence-corrected chi connectivity index (χ4v) is 2.44. The molecule has 0 bridgehead atoms. The van der Waals surface area contributed by atoms with Gasteiger partial charge >= 0.3 is 5.97 Å². The second kappa shape index (κ2) is 6.26. The van der Waals surface area contributed by atoms with E-state index in [9.17, 15) is 13.2 Å². The van der Waals surface area contributed by atoms with Gasteiger partial charge in [0.2, 0.25) is 0 Å². The highest BCUT2D eigenvalue weighted by molar-refractivity contribution is 7.92. The molecular weight excluding hydrogens is 280 g/mol. The third-order valence-electron chi connectivity index (χ3n) is 2.86. The highest BCUT2D eigenvalue weighted by Crippen LogP contribution is 2.20. The Hall–Kier alpha value is -1.56. The first-order valence-corrected chi connectivity index (χ1v) is 7.93. The van der Waals surface area contributed by atoms with Gasteiger partial charge in [-0.25, -0.2) is 8.42 Å². The van der Waals surface area contributed by atoms with Gasteiger partial charge < -0.3 is 9.84 Å².